The first-order valence-corrected chi connectivity index (χ1v) is 7.58. The maximum Gasteiger partial charge on any atom is 0.234 e. The fraction of sp³-hybridized carbons (Fsp3) is 0.929. The zero-order valence-electron chi connectivity index (χ0n) is 12.3. The van der Waals surface area contributed by atoms with Crippen LogP contribution in [-0.4, -0.2) is 66.6 Å². The van der Waals surface area contributed by atoms with Crippen LogP contribution >= 0.6 is 0 Å². The van der Waals surface area contributed by atoms with Gasteiger partial charge in [-0.05, 0) is 33.1 Å². The van der Waals surface area contributed by atoms with E-state index in [1.54, 1.807) is 0 Å². The third-order valence-electron chi connectivity index (χ3n) is 4.23. The normalized spacial score (nSPS) is 23.7. The molecule has 1 aliphatic heterocycles. The first kappa shape index (κ1) is 14.8. The number of carbonyl (C=O) groups is 1. The van der Waals surface area contributed by atoms with Crippen molar-refractivity contribution in [3.8, 4) is 0 Å². The molecule has 2 aliphatic rings. The van der Waals surface area contributed by atoms with Crippen LogP contribution in [-0.2, 0) is 4.79 Å². The number of hydrogen-bond donors (Lipinski definition) is 2. The number of nitrogens with one attached hydrogen (secondary N) is 1. The van der Waals surface area contributed by atoms with Gasteiger partial charge in [-0.25, -0.2) is 0 Å². The maximum absolute atomic E-state index is 11.4. The third-order valence-corrected chi connectivity index (χ3v) is 4.23. The summed E-state index contributed by atoms with van der Waals surface area (Å²) >= 11 is 0. The molecule has 0 bridgehead atoms. The Balaban J connectivity index is 1.68. The fourth-order valence-corrected chi connectivity index (χ4v) is 2.66. The van der Waals surface area contributed by atoms with Gasteiger partial charge in [0.05, 0.1) is 6.04 Å². The number of amides is 1. The topological polar surface area (TPSA) is 61.6 Å². The Bertz CT molecular complexity index is 296. The van der Waals surface area contributed by atoms with Crippen molar-refractivity contribution in [3.63, 3.8) is 0 Å². The van der Waals surface area contributed by atoms with Crippen molar-refractivity contribution < 1.29 is 4.79 Å². The van der Waals surface area contributed by atoms with Gasteiger partial charge in [-0.3, -0.25) is 9.69 Å². The molecule has 1 atom stereocenters. The largest absolute Gasteiger partial charge is 0.368 e. The first-order valence-electron chi connectivity index (χ1n) is 7.58. The highest BCUT2D eigenvalue weighted by atomic mass is 16.1. The van der Waals surface area contributed by atoms with Crippen molar-refractivity contribution in [1.29, 1.82) is 0 Å². The van der Waals surface area contributed by atoms with Crippen molar-refractivity contribution in [3.05, 3.63) is 0 Å². The fourth-order valence-electron chi connectivity index (χ4n) is 2.66. The van der Waals surface area contributed by atoms with E-state index in [0.29, 0.717) is 12.1 Å². The van der Waals surface area contributed by atoms with Gasteiger partial charge in [0, 0.05) is 44.8 Å². The molecule has 0 aromatic heterocycles. The number of nitrogens with two attached hydrogens (primary N) is 1. The number of primary amides is 1. The van der Waals surface area contributed by atoms with Crippen LogP contribution in [0.1, 0.15) is 33.1 Å². The monoisotopic (exact) mass is 268 g/mol. The Kier molecular flexibility index (Phi) is 5.19. The van der Waals surface area contributed by atoms with E-state index in [9.17, 15) is 4.79 Å². The Labute approximate surface area is 116 Å². The lowest BCUT2D eigenvalue weighted by atomic mass is 10.1. The van der Waals surface area contributed by atoms with Gasteiger partial charge in [-0.2, -0.15) is 0 Å². The number of carbonyl (C=O) groups excluding carboxylic acids is 1. The average Bonchev–Trinajstić information content (AvgIpc) is 3.18. The van der Waals surface area contributed by atoms with Gasteiger partial charge >= 0.3 is 0 Å². The summed E-state index contributed by atoms with van der Waals surface area (Å²) < 4.78 is 0. The highest BCUT2D eigenvalue weighted by Gasteiger charge is 2.27. The summed E-state index contributed by atoms with van der Waals surface area (Å²) in [6.07, 6.45) is 3.22. The van der Waals surface area contributed by atoms with Crippen molar-refractivity contribution in [1.82, 2.24) is 15.1 Å². The molecule has 0 radical (unpaired) electrons. The molecule has 2 fully saturated rings. The van der Waals surface area contributed by atoms with E-state index >= 15 is 0 Å². The Morgan fingerprint density at radius 1 is 1.26 bits per heavy atom. The van der Waals surface area contributed by atoms with Crippen LogP contribution in [0.4, 0.5) is 0 Å². The van der Waals surface area contributed by atoms with Gasteiger partial charge in [0.25, 0.3) is 0 Å². The summed E-state index contributed by atoms with van der Waals surface area (Å²) in [6.45, 7) is 9.94. The maximum atomic E-state index is 11.4. The second kappa shape index (κ2) is 6.68. The van der Waals surface area contributed by atoms with Gasteiger partial charge in [0.2, 0.25) is 5.91 Å². The molecule has 0 aromatic carbocycles. The quantitative estimate of drug-likeness (QED) is 0.683. The van der Waals surface area contributed by atoms with Crippen LogP contribution < -0.4 is 11.1 Å². The Morgan fingerprint density at radius 3 is 2.37 bits per heavy atom. The van der Waals surface area contributed by atoms with E-state index in [4.69, 9.17) is 5.73 Å². The predicted octanol–water partition coefficient (Wildman–Crippen LogP) is 0.00840. The molecule has 1 unspecified atom stereocenters. The van der Waals surface area contributed by atoms with Crippen molar-refractivity contribution in [2.75, 3.05) is 32.7 Å². The molecular weight excluding hydrogens is 240 g/mol. The minimum absolute atomic E-state index is 0.143. The molecule has 1 saturated carbocycles. The Hall–Kier alpha value is -0.650. The van der Waals surface area contributed by atoms with E-state index in [2.05, 4.69) is 29.0 Å². The van der Waals surface area contributed by atoms with E-state index in [-0.39, 0.29) is 11.9 Å². The lowest BCUT2D eigenvalue weighted by Crippen LogP contribution is -2.50. The van der Waals surface area contributed by atoms with Crippen LogP contribution in [0.25, 0.3) is 0 Å². The molecular formula is C14H28N4O. The van der Waals surface area contributed by atoms with Crippen LogP contribution in [0, 0.1) is 0 Å². The van der Waals surface area contributed by atoms with Crippen LogP contribution in [0.5, 0.6) is 0 Å². The highest BCUT2D eigenvalue weighted by molar-refractivity contribution is 5.79. The molecule has 110 valence electrons. The van der Waals surface area contributed by atoms with Crippen LogP contribution in [0.2, 0.25) is 0 Å². The second-order valence-electron chi connectivity index (χ2n) is 6.16. The number of piperazine rings is 1. The predicted molar refractivity (Wildman–Crippen MR) is 76.9 cm³/mol. The van der Waals surface area contributed by atoms with E-state index < -0.39 is 0 Å². The van der Waals surface area contributed by atoms with E-state index in [1.165, 1.54) is 12.8 Å². The third kappa shape index (κ3) is 4.75. The minimum atomic E-state index is -0.201. The summed E-state index contributed by atoms with van der Waals surface area (Å²) in [7, 11) is 0. The lowest BCUT2D eigenvalue weighted by Gasteiger charge is -2.37. The van der Waals surface area contributed by atoms with Crippen molar-refractivity contribution in [2.45, 2.75) is 51.2 Å². The molecule has 3 N–H and O–H groups in total. The number of hydrogen-bond acceptors (Lipinski definition) is 4. The van der Waals surface area contributed by atoms with Gasteiger partial charge in [-0.15, -0.1) is 0 Å². The highest BCUT2D eigenvalue weighted by Crippen LogP contribution is 2.20. The molecule has 2 rings (SSSR count). The van der Waals surface area contributed by atoms with Gasteiger partial charge in [0.1, 0.15) is 0 Å². The molecule has 1 saturated heterocycles. The SMILES string of the molecule is CC(C)N1CCN(CCC(NC2CC2)C(N)=O)CC1. The number of rotatable bonds is 7. The Morgan fingerprint density at radius 2 is 1.89 bits per heavy atom. The van der Waals surface area contributed by atoms with Crippen molar-refractivity contribution >= 4 is 5.91 Å². The molecule has 1 amide bonds. The standard InChI is InChI=1S/C14H28N4O/c1-11(2)18-9-7-17(8-10-18)6-5-13(14(15)19)16-12-3-4-12/h11-13,16H,3-10H2,1-2H3,(H2,15,19). The van der Waals surface area contributed by atoms with Crippen LogP contribution in [0.15, 0.2) is 0 Å². The molecule has 0 spiro atoms. The second-order valence-corrected chi connectivity index (χ2v) is 6.16. The summed E-state index contributed by atoms with van der Waals surface area (Å²) in [5, 5.41) is 3.35. The lowest BCUT2D eigenvalue weighted by molar-refractivity contribution is -0.120. The molecule has 1 heterocycles. The average molecular weight is 268 g/mol. The van der Waals surface area contributed by atoms with Gasteiger partial charge < -0.3 is 16.0 Å². The molecule has 5 heteroatoms. The van der Waals surface area contributed by atoms with E-state index in [0.717, 1.165) is 39.1 Å². The smallest absolute Gasteiger partial charge is 0.234 e. The molecule has 5 nitrogen and oxygen atoms in total. The van der Waals surface area contributed by atoms with Gasteiger partial charge in [0.15, 0.2) is 0 Å². The minimum Gasteiger partial charge on any atom is -0.368 e. The molecule has 0 aromatic rings. The van der Waals surface area contributed by atoms with Gasteiger partial charge in [-0.1, -0.05) is 0 Å². The molecule has 1 aliphatic carbocycles. The summed E-state index contributed by atoms with van der Waals surface area (Å²) in [5.74, 6) is -0.201. The van der Waals surface area contributed by atoms with Crippen LogP contribution in [0.3, 0.4) is 0 Å². The van der Waals surface area contributed by atoms with E-state index in [1.807, 2.05) is 0 Å². The first-order chi connectivity index (χ1) is 9.06. The van der Waals surface area contributed by atoms with Crippen molar-refractivity contribution in [2.24, 2.45) is 5.73 Å². The summed E-state index contributed by atoms with van der Waals surface area (Å²) in [5.41, 5.74) is 5.46. The number of nitrogens with zero attached hydrogens (tertiary/aromatic N) is 2. The summed E-state index contributed by atoms with van der Waals surface area (Å²) in [4.78, 5) is 16.4. The summed E-state index contributed by atoms with van der Waals surface area (Å²) in [6, 6.07) is 1.03. The zero-order valence-corrected chi connectivity index (χ0v) is 12.3. The zero-order chi connectivity index (χ0) is 13.8. The molecule has 19 heavy (non-hydrogen) atoms.